The molecule has 0 spiro atoms. The topological polar surface area (TPSA) is 61.3 Å². The van der Waals surface area contributed by atoms with Crippen LogP contribution in [0.4, 0.5) is 0 Å². The number of esters is 1. The van der Waals surface area contributed by atoms with E-state index in [1.807, 2.05) is 0 Å². The first-order chi connectivity index (χ1) is 5.72. The number of carbonyl (C=O) groups excluding carboxylic acids is 1. The van der Waals surface area contributed by atoms with Crippen LogP contribution in [0, 0.1) is 0 Å². The SMILES string of the molecule is COc1cnc(OC(C)=O)cn1.[LiH]. The van der Waals surface area contributed by atoms with Gasteiger partial charge in [-0.1, -0.05) is 0 Å². The second-order valence-corrected chi connectivity index (χ2v) is 1.99. The summed E-state index contributed by atoms with van der Waals surface area (Å²) < 4.78 is 9.41. The summed E-state index contributed by atoms with van der Waals surface area (Å²) in [4.78, 5) is 18.0. The third-order valence-corrected chi connectivity index (χ3v) is 1.06. The Kier molecular flexibility index (Phi) is 5.12. The summed E-state index contributed by atoms with van der Waals surface area (Å²) >= 11 is 0. The number of rotatable bonds is 2. The van der Waals surface area contributed by atoms with Gasteiger partial charge in [-0.25, -0.2) is 9.97 Å². The summed E-state index contributed by atoms with van der Waals surface area (Å²) in [5.74, 6) is 0.128. The number of ether oxygens (including phenoxy) is 2. The van der Waals surface area contributed by atoms with Gasteiger partial charge < -0.3 is 9.47 Å². The first-order valence-corrected chi connectivity index (χ1v) is 3.27. The predicted octanol–water partition coefficient (Wildman–Crippen LogP) is -0.238. The van der Waals surface area contributed by atoms with E-state index < -0.39 is 5.97 Å². The van der Waals surface area contributed by atoms with Gasteiger partial charge in [0.2, 0.25) is 11.8 Å². The van der Waals surface area contributed by atoms with E-state index in [9.17, 15) is 4.79 Å². The molecule has 0 saturated carbocycles. The molecule has 0 radical (unpaired) electrons. The molecular formula is C7H9LiN2O3. The fourth-order valence-electron chi connectivity index (χ4n) is 0.610. The third-order valence-electron chi connectivity index (χ3n) is 1.06. The number of aromatic nitrogens is 2. The van der Waals surface area contributed by atoms with Crippen LogP contribution in [0.1, 0.15) is 6.92 Å². The molecule has 0 N–H and O–H groups in total. The fraction of sp³-hybridized carbons (Fsp3) is 0.286. The third kappa shape index (κ3) is 3.92. The predicted molar refractivity (Wildman–Crippen MR) is 47.0 cm³/mol. The Morgan fingerprint density at radius 3 is 2.23 bits per heavy atom. The van der Waals surface area contributed by atoms with E-state index in [-0.39, 0.29) is 24.7 Å². The van der Waals surface area contributed by atoms with Gasteiger partial charge in [-0.2, -0.15) is 0 Å². The van der Waals surface area contributed by atoms with Crippen LogP contribution in [0.2, 0.25) is 0 Å². The summed E-state index contributed by atoms with van der Waals surface area (Å²) in [5, 5.41) is 0. The Morgan fingerprint density at radius 2 is 1.85 bits per heavy atom. The first-order valence-electron chi connectivity index (χ1n) is 3.27. The van der Waals surface area contributed by atoms with Gasteiger partial charge in [0.1, 0.15) is 0 Å². The molecule has 0 saturated heterocycles. The molecule has 0 fully saturated rings. The van der Waals surface area contributed by atoms with E-state index in [1.54, 1.807) is 0 Å². The number of hydrogen-bond acceptors (Lipinski definition) is 5. The van der Waals surface area contributed by atoms with Crippen LogP contribution in [0.25, 0.3) is 0 Å². The van der Waals surface area contributed by atoms with Crippen LogP contribution in [-0.4, -0.2) is 41.9 Å². The van der Waals surface area contributed by atoms with Crippen molar-refractivity contribution >= 4 is 24.8 Å². The Morgan fingerprint density at radius 1 is 1.31 bits per heavy atom. The van der Waals surface area contributed by atoms with Crippen molar-refractivity contribution < 1.29 is 14.3 Å². The molecule has 0 aliphatic carbocycles. The van der Waals surface area contributed by atoms with Crippen molar-refractivity contribution in [2.75, 3.05) is 7.11 Å². The quantitative estimate of drug-likeness (QED) is 0.459. The summed E-state index contributed by atoms with van der Waals surface area (Å²) in [6, 6.07) is 0. The number of nitrogens with zero attached hydrogens (tertiary/aromatic N) is 2. The van der Waals surface area contributed by atoms with Crippen molar-refractivity contribution in [3.8, 4) is 11.8 Å². The normalized spacial score (nSPS) is 8.46. The maximum absolute atomic E-state index is 10.4. The van der Waals surface area contributed by atoms with Crippen molar-refractivity contribution in [1.29, 1.82) is 0 Å². The Balaban J connectivity index is 0.00000144. The van der Waals surface area contributed by atoms with Gasteiger partial charge in [-0.3, -0.25) is 4.79 Å². The molecule has 0 unspecified atom stereocenters. The zero-order valence-corrected chi connectivity index (χ0v) is 6.77. The second-order valence-electron chi connectivity index (χ2n) is 1.99. The van der Waals surface area contributed by atoms with Gasteiger partial charge in [0, 0.05) is 6.92 Å². The average molecular weight is 176 g/mol. The van der Waals surface area contributed by atoms with Crippen molar-refractivity contribution in [2.45, 2.75) is 6.92 Å². The van der Waals surface area contributed by atoms with Gasteiger partial charge >= 0.3 is 24.8 Å². The summed E-state index contributed by atoms with van der Waals surface area (Å²) in [6.07, 6.45) is 2.69. The Hall–Kier alpha value is -1.05. The minimum atomic E-state index is -0.422. The second kappa shape index (κ2) is 5.57. The molecule has 66 valence electrons. The van der Waals surface area contributed by atoms with Crippen LogP contribution in [0.5, 0.6) is 11.8 Å². The molecule has 0 aliphatic rings. The van der Waals surface area contributed by atoms with Crippen molar-refractivity contribution in [3.05, 3.63) is 12.4 Å². The van der Waals surface area contributed by atoms with Gasteiger partial charge in [-0.05, 0) is 0 Å². The maximum atomic E-state index is 10.4. The van der Waals surface area contributed by atoms with Gasteiger partial charge in [0.25, 0.3) is 0 Å². The summed E-state index contributed by atoms with van der Waals surface area (Å²) in [6.45, 7) is 1.30. The minimum absolute atomic E-state index is 0. The monoisotopic (exact) mass is 176 g/mol. The van der Waals surface area contributed by atoms with E-state index in [1.165, 1.54) is 26.4 Å². The molecule has 1 aromatic rings. The molecule has 0 amide bonds. The van der Waals surface area contributed by atoms with E-state index in [2.05, 4.69) is 14.7 Å². The van der Waals surface area contributed by atoms with E-state index in [0.29, 0.717) is 5.88 Å². The average Bonchev–Trinajstić information content (AvgIpc) is 2.05. The Labute approximate surface area is 87.7 Å². The molecule has 5 nitrogen and oxygen atoms in total. The van der Waals surface area contributed by atoms with Crippen LogP contribution in [-0.2, 0) is 4.79 Å². The van der Waals surface area contributed by atoms with Gasteiger partial charge in [0.05, 0.1) is 19.5 Å². The van der Waals surface area contributed by atoms with Crippen LogP contribution < -0.4 is 9.47 Å². The number of hydrogen-bond donors (Lipinski definition) is 0. The van der Waals surface area contributed by atoms with Crippen LogP contribution in [0.15, 0.2) is 12.4 Å². The molecule has 0 bridgehead atoms. The first kappa shape index (κ1) is 11.9. The molecule has 0 aromatic carbocycles. The van der Waals surface area contributed by atoms with Gasteiger partial charge in [0.15, 0.2) is 0 Å². The zero-order chi connectivity index (χ0) is 8.97. The molecule has 1 rings (SSSR count). The summed E-state index contributed by atoms with van der Waals surface area (Å²) in [5.41, 5.74) is 0. The van der Waals surface area contributed by atoms with Crippen molar-refractivity contribution in [3.63, 3.8) is 0 Å². The molecule has 0 atom stereocenters. The van der Waals surface area contributed by atoms with Crippen molar-refractivity contribution in [2.24, 2.45) is 0 Å². The molecule has 13 heavy (non-hydrogen) atoms. The molecule has 1 heterocycles. The Bertz CT molecular complexity index is 276. The summed E-state index contributed by atoms with van der Waals surface area (Å²) in [7, 11) is 1.48. The molecular weight excluding hydrogens is 167 g/mol. The number of carbonyl (C=O) groups is 1. The van der Waals surface area contributed by atoms with Crippen LogP contribution in [0.3, 0.4) is 0 Å². The van der Waals surface area contributed by atoms with Gasteiger partial charge in [-0.15, -0.1) is 0 Å². The van der Waals surface area contributed by atoms with Crippen molar-refractivity contribution in [1.82, 2.24) is 9.97 Å². The molecule has 1 aromatic heterocycles. The van der Waals surface area contributed by atoms with Crippen LogP contribution >= 0.6 is 0 Å². The number of methoxy groups -OCH3 is 1. The molecule has 6 heteroatoms. The fourth-order valence-corrected chi connectivity index (χ4v) is 0.610. The van der Waals surface area contributed by atoms with E-state index in [4.69, 9.17) is 4.74 Å². The van der Waals surface area contributed by atoms with E-state index >= 15 is 0 Å². The molecule has 0 aliphatic heterocycles. The zero-order valence-electron chi connectivity index (χ0n) is 6.77. The van der Waals surface area contributed by atoms with E-state index in [0.717, 1.165) is 0 Å². The standard InChI is InChI=1S/C7H8N2O3.Li.H/c1-5(10)12-7-4-8-6(11-2)3-9-7;;/h3-4H,1-2H3;;.